The molecular weight excluding hydrogens is 755 g/mol. The standard InChI is InChI=1S/C59H39NO2/c1-59(2)50-19-8-5-14-44(50)45-31-30-41(35-51(45)59)60(40-28-26-37(27-29-40)43-17-11-18-47-46-15-6-9-20-53(46)62-58(43)47)52-32-33-55-57(48-16-7-10-21-54(48)61-55)56(52)39-25-24-38-23-22-36-12-3-4-13-42(36)49(38)34-39/h3-35H,1-2H3. The summed E-state index contributed by atoms with van der Waals surface area (Å²) in [5, 5.41) is 9.36. The van der Waals surface area contributed by atoms with E-state index in [0.29, 0.717) is 0 Å². The van der Waals surface area contributed by atoms with E-state index in [1.807, 2.05) is 12.1 Å². The van der Waals surface area contributed by atoms with Gasteiger partial charge in [0.05, 0.1) is 5.69 Å². The summed E-state index contributed by atoms with van der Waals surface area (Å²) in [6.45, 7) is 4.71. The topological polar surface area (TPSA) is 29.5 Å². The molecule has 0 N–H and O–H groups in total. The predicted octanol–water partition coefficient (Wildman–Crippen LogP) is 16.9. The molecule has 0 saturated carbocycles. The van der Waals surface area contributed by atoms with Crippen LogP contribution in [-0.2, 0) is 5.41 Å². The zero-order chi connectivity index (χ0) is 41.1. The van der Waals surface area contributed by atoms with Crippen LogP contribution in [0.5, 0.6) is 0 Å². The zero-order valence-electron chi connectivity index (χ0n) is 34.3. The summed E-state index contributed by atoms with van der Waals surface area (Å²) in [5.74, 6) is 0. The van der Waals surface area contributed by atoms with Gasteiger partial charge in [0.2, 0.25) is 0 Å². The van der Waals surface area contributed by atoms with Gasteiger partial charge in [-0.1, -0.05) is 159 Å². The van der Waals surface area contributed by atoms with E-state index in [9.17, 15) is 0 Å². The molecule has 12 aromatic rings. The number of fused-ring (bicyclic) bond motifs is 12. The molecule has 3 nitrogen and oxygen atoms in total. The van der Waals surface area contributed by atoms with E-state index < -0.39 is 0 Å². The smallest absolute Gasteiger partial charge is 0.143 e. The number of benzene rings is 10. The first kappa shape index (κ1) is 34.9. The van der Waals surface area contributed by atoms with Gasteiger partial charge in [0.1, 0.15) is 22.3 Å². The summed E-state index contributed by atoms with van der Waals surface area (Å²) in [6.07, 6.45) is 0. The van der Waals surface area contributed by atoms with Crippen molar-refractivity contribution in [2.45, 2.75) is 19.3 Å². The summed E-state index contributed by atoms with van der Waals surface area (Å²) in [6, 6.07) is 72.6. The summed E-state index contributed by atoms with van der Waals surface area (Å²) >= 11 is 0. The molecule has 1 aliphatic carbocycles. The van der Waals surface area contributed by atoms with Gasteiger partial charge in [-0.25, -0.2) is 0 Å². The molecular formula is C59H39NO2. The minimum atomic E-state index is -0.171. The Morgan fingerprint density at radius 3 is 1.87 bits per heavy atom. The van der Waals surface area contributed by atoms with Gasteiger partial charge in [0, 0.05) is 49.5 Å². The van der Waals surface area contributed by atoms with E-state index >= 15 is 0 Å². The van der Waals surface area contributed by atoms with Gasteiger partial charge < -0.3 is 13.7 Å². The Bertz CT molecular complexity index is 3790. The van der Waals surface area contributed by atoms with Crippen molar-refractivity contribution in [3.63, 3.8) is 0 Å². The number of para-hydroxylation sites is 3. The molecule has 0 fully saturated rings. The van der Waals surface area contributed by atoms with Crippen LogP contribution in [0.4, 0.5) is 17.1 Å². The van der Waals surface area contributed by atoms with Gasteiger partial charge in [-0.05, 0) is 110 Å². The molecule has 0 bridgehead atoms. The first-order chi connectivity index (χ1) is 30.5. The molecule has 13 rings (SSSR count). The molecule has 0 amide bonds. The Labute approximate surface area is 358 Å². The lowest BCUT2D eigenvalue weighted by Crippen LogP contribution is -2.17. The van der Waals surface area contributed by atoms with Crippen LogP contribution < -0.4 is 4.90 Å². The van der Waals surface area contributed by atoms with Gasteiger partial charge in [-0.3, -0.25) is 0 Å². The fraction of sp³-hybridized carbons (Fsp3) is 0.0508. The second kappa shape index (κ2) is 13.1. The van der Waals surface area contributed by atoms with Crippen molar-refractivity contribution < 1.29 is 8.83 Å². The quantitative estimate of drug-likeness (QED) is 0.163. The molecule has 0 unspecified atom stereocenters. The van der Waals surface area contributed by atoms with E-state index in [-0.39, 0.29) is 5.41 Å². The summed E-state index contributed by atoms with van der Waals surface area (Å²) in [7, 11) is 0. The van der Waals surface area contributed by atoms with Crippen LogP contribution in [-0.4, -0.2) is 0 Å². The maximum atomic E-state index is 6.64. The van der Waals surface area contributed by atoms with E-state index in [0.717, 1.165) is 83.2 Å². The summed E-state index contributed by atoms with van der Waals surface area (Å²) < 4.78 is 13.2. The molecule has 0 saturated heterocycles. The molecule has 62 heavy (non-hydrogen) atoms. The van der Waals surface area contributed by atoms with E-state index in [4.69, 9.17) is 8.83 Å². The van der Waals surface area contributed by atoms with Crippen LogP contribution in [0.25, 0.3) is 98.8 Å². The number of hydrogen-bond donors (Lipinski definition) is 0. The Morgan fingerprint density at radius 2 is 1.02 bits per heavy atom. The Balaban J connectivity index is 1.08. The van der Waals surface area contributed by atoms with E-state index in [2.05, 4.69) is 207 Å². The van der Waals surface area contributed by atoms with Gasteiger partial charge >= 0.3 is 0 Å². The summed E-state index contributed by atoms with van der Waals surface area (Å²) in [4.78, 5) is 2.45. The van der Waals surface area contributed by atoms with Crippen LogP contribution >= 0.6 is 0 Å². The fourth-order valence-electron chi connectivity index (χ4n) is 10.5. The number of furan rings is 2. The molecule has 1 aliphatic rings. The number of nitrogens with zero attached hydrogens (tertiary/aromatic N) is 1. The minimum Gasteiger partial charge on any atom is -0.456 e. The molecule has 0 aliphatic heterocycles. The molecule has 292 valence electrons. The average molecular weight is 794 g/mol. The highest BCUT2D eigenvalue weighted by Gasteiger charge is 2.36. The predicted molar refractivity (Wildman–Crippen MR) is 259 cm³/mol. The van der Waals surface area contributed by atoms with Crippen molar-refractivity contribution in [3.8, 4) is 33.4 Å². The van der Waals surface area contributed by atoms with Crippen LogP contribution in [0, 0.1) is 0 Å². The van der Waals surface area contributed by atoms with Crippen LogP contribution in [0.3, 0.4) is 0 Å². The van der Waals surface area contributed by atoms with Gasteiger partial charge in [-0.15, -0.1) is 0 Å². The Hall–Kier alpha value is -7.88. The average Bonchev–Trinajstić information content (AvgIpc) is 3.97. The zero-order valence-corrected chi connectivity index (χ0v) is 34.3. The first-order valence-corrected chi connectivity index (χ1v) is 21.4. The lowest BCUT2D eigenvalue weighted by atomic mass is 9.82. The van der Waals surface area contributed by atoms with Gasteiger partial charge in [0.25, 0.3) is 0 Å². The van der Waals surface area contributed by atoms with Crippen molar-refractivity contribution in [3.05, 3.63) is 211 Å². The molecule has 10 aromatic carbocycles. The maximum Gasteiger partial charge on any atom is 0.143 e. The highest BCUT2D eigenvalue weighted by molar-refractivity contribution is 6.18. The largest absolute Gasteiger partial charge is 0.456 e. The number of hydrogen-bond acceptors (Lipinski definition) is 3. The second-order valence-corrected chi connectivity index (χ2v) is 17.2. The van der Waals surface area contributed by atoms with Gasteiger partial charge in [-0.2, -0.15) is 0 Å². The Kier molecular flexibility index (Phi) is 7.36. The van der Waals surface area contributed by atoms with Crippen LogP contribution in [0.1, 0.15) is 25.0 Å². The number of rotatable bonds is 5. The minimum absolute atomic E-state index is 0.171. The first-order valence-electron chi connectivity index (χ1n) is 21.4. The third-order valence-corrected chi connectivity index (χ3v) is 13.5. The van der Waals surface area contributed by atoms with Crippen molar-refractivity contribution in [1.82, 2.24) is 0 Å². The lowest BCUT2D eigenvalue weighted by Gasteiger charge is -2.30. The SMILES string of the molecule is CC1(C)c2ccccc2-c2ccc(N(c3ccc(-c4cccc5c4oc4ccccc45)cc3)c3ccc4oc5ccccc5c4c3-c3ccc4ccc5ccccc5c4c3)cc21. The van der Waals surface area contributed by atoms with Gasteiger partial charge in [0.15, 0.2) is 0 Å². The molecule has 0 atom stereocenters. The van der Waals surface area contributed by atoms with E-state index in [1.54, 1.807) is 0 Å². The third-order valence-electron chi connectivity index (χ3n) is 13.5. The third kappa shape index (κ3) is 5.06. The lowest BCUT2D eigenvalue weighted by molar-refractivity contribution is 0.660. The second-order valence-electron chi connectivity index (χ2n) is 17.2. The monoisotopic (exact) mass is 793 g/mol. The van der Waals surface area contributed by atoms with Crippen molar-refractivity contribution in [2.24, 2.45) is 0 Å². The normalized spacial score (nSPS) is 13.1. The Morgan fingerprint density at radius 1 is 0.387 bits per heavy atom. The van der Waals surface area contributed by atoms with Crippen molar-refractivity contribution in [1.29, 1.82) is 0 Å². The summed E-state index contributed by atoms with van der Waals surface area (Å²) in [5.41, 5.74) is 16.3. The van der Waals surface area contributed by atoms with Crippen LogP contribution in [0.15, 0.2) is 209 Å². The fourth-order valence-corrected chi connectivity index (χ4v) is 10.5. The highest BCUT2D eigenvalue weighted by atomic mass is 16.3. The number of anilines is 3. The molecule has 0 spiro atoms. The highest BCUT2D eigenvalue weighted by Crippen LogP contribution is 2.53. The molecule has 2 heterocycles. The van der Waals surface area contributed by atoms with E-state index in [1.165, 1.54) is 43.8 Å². The van der Waals surface area contributed by atoms with Crippen molar-refractivity contribution >= 4 is 82.5 Å². The van der Waals surface area contributed by atoms with Crippen molar-refractivity contribution in [2.75, 3.05) is 4.90 Å². The maximum absolute atomic E-state index is 6.64. The molecule has 0 radical (unpaired) electrons. The molecule has 2 aromatic heterocycles. The molecule has 3 heteroatoms. The van der Waals surface area contributed by atoms with Crippen LogP contribution in [0.2, 0.25) is 0 Å².